The third-order valence-electron chi connectivity index (χ3n) is 27.9. The van der Waals surface area contributed by atoms with Crippen molar-refractivity contribution < 1.29 is 35.1 Å². The van der Waals surface area contributed by atoms with Gasteiger partial charge in [-0.05, 0) is 244 Å². The fourth-order valence-corrected chi connectivity index (χ4v) is 25.1. The van der Waals surface area contributed by atoms with Crippen molar-refractivity contribution in [1.82, 2.24) is 0 Å². The van der Waals surface area contributed by atoms with Crippen LogP contribution in [-0.2, 0) is 0 Å². The maximum atomic E-state index is 19.0. The molecule has 0 fully saturated rings. The fraction of sp³-hybridized carbons (Fsp3) is 0. The average Bonchev–Trinajstić information content (AvgIpc) is 1.03. The lowest BCUT2D eigenvalue weighted by molar-refractivity contribution is 0.585. The van der Waals surface area contributed by atoms with E-state index in [1.807, 2.05) is 296 Å². The summed E-state index contributed by atoms with van der Waals surface area (Å²) in [4.78, 5) is 17.1. The van der Waals surface area contributed by atoms with Crippen molar-refractivity contribution in [3.8, 4) is 0 Å². The van der Waals surface area contributed by atoms with E-state index in [0.717, 1.165) is 75.2 Å². The molecule has 2 aromatic heterocycles. The predicted molar refractivity (Wildman–Crippen MR) is 563 cm³/mol. The number of halogens is 8. The number of rotatable bonds is 15. The largest absolute Gasteiger partial charge is 0.310 e. The molecule has 0 amide bonds. The summed E-state index contributed by atoms with van der Waals surface area (Å²) in [5.41, 5.74) is 13.6. The van der Waals surface area contributed by atoms with Crippen molar-refractivity contribution in [3.63, 3.8) is 0 Å². The second-order valence-corrected chi connectivity index (χ2v) is 37.7. The van der Waals surface area contributed by atoms with Crippen LogP contribution in [-0.4, -0.2) is 20.1 Å². The zero-order valence-electron chi connectivity index (χ0n) is 74.0. The minimum atomic E-state index is -1.22. The van der Waals surface area contributed by atoms with Gasteiger partial charge in [0.2, 0.25) is 0 Å². The molecular weight excluding hydrogens is 1790 g/mol. The van der Waals surface area contributed by atoms with Crippen LogP contribution in [0.2, 0.25) is 0 Å². The van der Waals surface area contributed by atoms with E-state index in [1.165, 1.54) is 82.6 Å². The summed E-state index contributed by atoms with van der Waals surface area (Å²) in [6.07, 6.45) is 0. The highest BCUT2D eigenvalue weighted by Crippen LogP contribution is 2.59. The maximum Gasteiger partial charge on any atom is 0.264 e. The lowest BCUT2D eigenvalue weighted by atomic mass is 9.30. The van der Waals surface area contributed by atoms with Gasteiger partial charge in [-0.2, -0.15) is 0 Å². The molecule has 9 nitrogen and oxygen atoms in total. The van der Waals surface area contributed by atoms with Crippen molar-refractivity contribution >= 4 is 264 Å². The van der Waals surface area contributed by atoms with Crippen LogP contribution >= 0.6 is 22.7 Å². The van der Waals surface area contributed by atoms with Gasteiger partial charge < -0.3 is 44.1 Å². The Hall–Kier alpha value is -17.1. The number of thiophene rings is 2. The molecule has 19 aromatic carbocycles. The first-order valence-corrected chi connectivity index (χ1v) is 47.8. The summed E-state index contributed by atoms with van der Waals surface area (Å²) >= 11 is 3.17. The van der Waals surface area contributed by atoms with Crippen LogP contribution in [0.1, 0.15) is 0 Å². The van der Waals surface area contributed by atoms with Crippen molar-refractivity contribution in [2.45, 2.75) is 0 Å². The Labute approximate surface area is 809 Å². The van der Waals surface area contributed by atoms with E-state index in [1.54, 1.807) is 32.5 Å². The zero-order valence-corrected chi connectivity index (χ0v) is 75.6. The highest BCUT2D eigenvalue weighted by atomic mass is 32.1. The summed E-state index contributed by atoms with van der Waals surface area (Å²) in [5, 5.41) is 1.82. The summed E-state index contributed by atoms with van der Waals surface area (Å²) in [6, 6.07) is 130. The van der Waals surface area contributed by atoms with Gasteiger partial charge in [-0.25, -0.2) is 35.1 Å². The van der Waals surface area contributed by atoms with Crippen LogP contribution < -0.4 is 91.9 Å². The number of fused-ring (bicyclic) bond motifs is 16. The van der Waals surface area contributed by atoms with Crippen LogP contribution in [0.15, 0.2) is 425 Å². The molecule has 0 unspecified atom stereocenters. The van der Waals surface area contributed by atoms with Crippen LogP contribution in [0, 0.1) is 46.5 Å². The van der Waals surface area contributed by atoms with Gasteiger partial charge in [-0.3, -0.25) is 0 Å². The van der Waals surface area contributed by atoms with E-state index in [0.29, 0.717) is 89.4 Å². The van der Waals surface area contributed by atoms with Gasteiger partial charge in [-0.1, -0.05) is 218 Å². The topological polar surface area (TPSA) is 29.2 Å². The molecule has 6 aliphatic rings. The van der Waals surface area contributed by atoms with Gasteiger partial charge in [0.15, 0.2) is 0 Å². The number of hydrogen-bond donors (Lipinski definition) is 0. The van der Waals surface area contributed by atoms with Crippen LogP contribution in [0.25, 0.3) is 20.2 Å². The van der Waals surface area contributed by atoms with Crippen LogP contribution in [0.5, 0.6) is 0 Å². The normalized spacial score (nSPS) is 13.2. The Balaban J connectivity index is 0.827. The summed E-state index contributed by atoms with van der Waals surface area (Å²) in [5.74, 6) is -7.73. The quantitative estimate of drug-likeness (QED) is 0.0735. The average molecular weight is 1860 g/mol. The standard InChI is InChI=1S/C118H70B3F8N9S2/c122-88-51-29-52-89(123)113(88)135-96-69-98-86(120-109-100(133(77-45-21-7-22-46-77)111-82-49-25-27-59-106(82)139-117(111)120)61-79(65-104(109)137(98)115-92(126)55-31-56-93(115)127)130(71-33-9-1-10-34-71)72-35-11-2-12-36-72)67-84(96)119-85-68-87-99(70-97(85)136(114-90(124)53-30-54-91(114)125)103-64-81(63-102(135)108(103)119)132(75-41-17-5-18-42-75)76-43-19-6-20-44-76)138(116-94(128)57-32-58-95(116)129)105-66-80(131(73-37-13-3-14-38-73)74-39-15-4-16-40-74)62-101-110(105)121(87)118-112(83-50-26-28-60-107(83)140-118)134(101)78-47-23-8-24-48-78/h1-70H. The molecule has 140 heavy (non-hydrogen) atoms. The minimum Gasteiger partial charge on any atom is -0.310 e. The second kappa shape index (κ2) is 32.3. The molecule has 0 spiro atoms. The van der Waals surface area contributed by atoms with Crippen molar-refractivity contribution in [2.75, 3.05) is 44.1 Å². The highest BCUT2D eigenvalue weighted by molar-refractivity contribution is 7.34. The molecule has 0 bridgehead atoms. The summed E-state index contributed by atoms with van der Waals surface area (Å²) in [6.45, 7) is -2.93. The van der Waals surface area contributed by atoms with E-state index >= 15 is 35.1 Å². The first-order chi connectivity index (χ1) is 68.8. The van der Waals surface area contributed by atoms with Crippen LogP contribution in [0.3, 0.4) is 0 Å². The van der Waals surface area contributed by atoms with Crippen LogP contribution in [0.4, 0.5) is 189 Å². The lowest BCUT2D eigenvalue weighted by Gasteiger charge is -2.48. The van der Waals surface area contributed by atoms with E-state index in [-0.39, 0.29) is 34.1 Å². The molecule has 6 aliphatic heterocycles. The second-order valence-electron chi connectivity index (χ2n) is 35.5. The number of nitrogens with zero attached hydrogens (tertiary/aromatic N) is 9. The Kier molecular flexibility index (Phi) is 19.0. The number of benzene rings is 19. The molecule has 0 aliphatic carbocycles. The molecular formula is C118H70B3F8N9S2. The number of para-hydroxylation sites is 12. The Morgan fingerprint density at radius 3 is 0.650 bits per heavy atom. The van der Waals surface area contributed by atoms with Gasteiger partial charge >= 0.3 is 0 Å². The van der Waals surface area contributed by atoms with Gasteiger partial charge in [-0.15, -0.1) is 22.7 Å². The monoisotopic (exact) mass is 1860 g/mol. The predicted octanol–water partition coefficient (Wildman–Crippen LogP) is 27.9. The van der Waals surface area contributed by atoms with Gasteiger partial charge in [0.1, 0.15) is 69.3 Å². The molecule has 21 aromatic rings. The number of anilines is 27. The Morgan fingerprint density at radius 2 is 0.393 bits per heavy atom. The van der Waals surface area contributed by atoms with Crippen molar-refractivity contribution in [2.24, 2.45) is 0 Å². The molecule has 8 heterocycles. The zero-order chi connectivity index (χ0) is 93.6. The summed E-state index contributed by atoms with van der Waals surface area (Å²) < 4.78 is 155. The van der Waals surface area contributed by atoms with Gasteiger partial charge in [0, 0.05) is 132 Å². The fourth-order valence-electron chi connectivity index (χ4n) is 22.4. The van der Waals surface area contributed by atoms with E-state index in [2.05, 4.69) is 80.3 Å². The highest BCUT2D eigenvalue weighted by Gasteiger charge is 2.55. The Morgan fingerprint density at radius 1 is 0.179 bits per heavy atom. The lowest BCUT2D eigenvalue weighted by Crippen LogP contribution is -2.66. The van der Waals surface area contributed by atoms with E-state index in [9.17, 15) is 0 Å². The molecule has 0 saturated heterocycles. The minimum absolute atomic E-state index is 0.134. The first-order valence-electron chi connectivity index (χ1n) is 46.2. The molecule has 0 N–H and O–H groups in total. The van der Waals surface area contributed by atoms with Crippen molar-refractivity contribution in [1.29, 1.82) is 0 Å². The third-order valence-corrected chi connectivity index (χ3v) is 30.4. The van der Waals surface area contributed by atoms with Crippen molar-refractivity contribution in [3.05, 3.63) is 471 Å². The molecule has 0 atom stereocenters. The number of hydrogen-bond acceptors (Lipinski definition) is 11. The molecule has 22 heteroatoms. The third kappa shape index (κ3) is 12.5. The molecule has 0 radical (unpaired) electrons. The molecule has 27 rings (SSSR count). The molecule has 0 saturated carbocycles. The molecule has 664 valence electrons. The summed E-state index contributed by atoms with van der Waals surface area (Å²) in [7, 11) is 0. The van der Waals surface area contributed by atoms with Gasteiger partial charge in [0.05, 0.1) is 28.4 Å². The maximum absolute atomic E-state index is 19.0. The van der Waals surface area contributed by atoms with Gasteiger partial charge in [0.25, 0.3) is 20.1 Å². The van der Waals surface area contributed by atoms with E-state index < -0.39 is 89.4 Å². The smallest absolute Gasteiger partial charge is 0.264 e. The van der Waals surface area contributed by atoms with E-state index in [4.69, 9.17) is 0 Å². The Bertz CT molecular complexity index is 8010. The first kappa shape index (κ1) is 82.4. The SMILES string of the molecule is Fc1cccc(F)c1N1c2cc3c(cc2B2c4cc5c(cc4N(c4c(F)cccc4F)c4cc(N(c6ccccc6)c6ccccc6)cc1c42)N(c1c(F)cccc1F)c1cc(N(c2ccccc2)c2ccccc2)cc2c1B5c1sc4ccccc4c1N2c1ccccc1)B1c2sc4ccccc4c2N(c2ccccc2)c2cc(N(c4ccccc4)c4ccccc4)cc(c21)N3c1c(F)cccc1F.